The second-order valence-corrected chi connectivity index (χ2v) is 2.88. The Morgan fingerprint density at radius 1 is 1.33 bits per heavy atom. The number of rotatable bonds is 6. The first-order valence-electron chi connectivity index (χ1n) is 4.14. The van der Waals surface area contributed by atoms with E-state index in [1.807, 2.05) is 6.92 Å². The van der Waals surface area contributed by atoms with Gasteiger partial charge in [0.1, 0.15) is 0 Å². The second-order valence-electron chi connectivity index (χ2n) is 2.88. The van der Waals surface area contributed by atoms with Crippen LogP contribution < -0.4 is 0 Å². The van der Waals surface area contributed by atoms with E-state index in [9.17, 15) is 9.90 Å². The van der Waals surface area contributed by atoms with Gasteiger partial charge < -0.3 is 15.3 Å². The van der Waals surface area contributed by atoms with Gasteiger partial charge in [0.05, 0.1) is 12.2 Å². The smallest absolute Gasteiger partial charge is 0.303 e. The summed E-state index contributed by atoms with van der Waals surface area (Å²) in [5, 5.41) is 26.5. The van der Waals surface area contributed by atoms with Gasteiger partial charge in [-0.3, -0.25) is 4.79 Å². The maximum Gasteiger partial charge on any atom is 0.303 e. The SMILES string of the molecule is CCC(O)CC(O)CCC(=O)O. The molecule has 0 aliphatic carbocycles. The molecular formula is C8H16O4. The van der Waals surface area contributed by atoms with E-state index < -0.39 is 18.2 Å². The van der Waals surface area contributed by atoms with Crippen molar-refractivity contribution in [1.29, 1.82) is 0 Å². The fraction of sp³-hybridized carbons (Fsp3) is 0.875. The fourth-order valence-corrected chi connectivity index (χ4v) is 0.889. The van der Waals surface area contributed by atoms with Gasteiger partial charge in [0.15, 0.2) is 0 Å². The van der Waals surface area contributed by atoms with E-state index in [1.165, 1.54) is 0 Å². The molecule has 0 saturated carbocycles. The van der Waals surface area contributed by atoms with Crippen LogP contribution >= 0.6 is 0 Å². The number of aliphatic hydroxyl groups is 2. The zero-order valence-electron chi connectivity index (χ0n) is 7.23. The molecule has 0 aliphatic heterocycles. The summed E-state index contributed by atoms with van der Waals surface area (Å²) in [6.45, 7) is 1.81. The van der Waals surface area contributed by atoms with E-state index in [1.54, 1.807) is 0 Å². The van der Waals surface area contributed by atoms with Crippen molar-refractivity contribution in [3.05, 3.63) is 0 Å². The molecule has 0 fully saturated rings. The highest BCUT2D eigenvalue weighted by molar-refractivity contribution is 5.66. The monoisotopic (exact) mass is 176 g/mol. The molecule has 0 bridgehead atoms. The summed E-state index contributed by atoms with van der Waals surface area (Å²) in [5.41, 5.74) is 0. The van der Waals surface area contributed by atoms with Gasteiger partial charge in [-0.2, -0.15) is 0 Å². The lowest BCUT2D eigenvalue weighted by Crippen LogP contribution is -2.17. The Morgan fingerprint density at radius 2 is 1.92 bits per heavy atom. The first-order valence-corrected chi connectivity index (χ1v) is 4.14. The molecule has 72 valence electrons. The second kappa shape index (κ2) is 5.97. The van der Waals surface area contributed by atoms with E-state index in [0.717, 1.165) is 0 Å². The summed E-state index contributed by atoms with van der Waals surface area (Å²) < 4.78 is 0. The van der Waals surface area contributed by atoms with E-state index in [-0.39, 0.29) is 19.3 Å². The normalized spacial score (nSPS) is 15.6. The minimum atomic E-state index is -0.917. The fourth-order valence-electron chi connectivity index (χ4n) is 0.889. The molecule has 12 heavy (non-hydrogen) atoms. The molecule has 0 saturated heterocycles. The van der Waals surface area contributed by atoms with Crippen LogP contribution in [0.3, 0.4) is 0 Å². The molecule has 3 N–H and O–H groups in total. The highest BCUT2D eigenvalue weighted by Gasteiger charge is 2.11. The Kier molecular flexibility index (Phi) is 5.66. The van der Waals surface area contributed by atoms with Gasteiger partial charge in [0.25, 0.3) is 0 Å². The van der Waals surface area contributed by atoms with E-state index in [0.29, 0.717) is 6.42 Å². The lowest BCUT2D eigenvalue weighted by atomic mass is 10.1. The largest absolute Gasteiger partial charge is 0.481 e. The standard InChI is InChI=1S/C8H16O4/c1-2-6(9)5-7(10)3-4-8(11)12/h6-7,9-10H,2-5H2,1H3,(H,11,12). The van der Waals surface area contributed by atoms with Crippen molar-refractivity contribution in [2.24, 2.45) is 0 Å². The molecule has 0 aliphatic rings. The van der Waals surface area contributed by atoms with Crippen molar-refractivity contribution in [3.63, 3.8) is 0 Å². The molecular weight excluding hydrogens is 160 g/mol. The minimum absolute atomic E-state index is 0.0440. The molecule has 2 unspecified atom stereocenters. The third-order valence-electron chi connectivity index (χ3n) is 1.71. The van der Waals surface area contributed by atoms with Crippen LogP contribution in [0.4, 0.5) is 0 Å². The Hall–Kier alpha value is -0.610. The molecule has 0 aromatic carbocycles. The summed E-state index contributed by atoms with van der Waals surface area (Å²) in [7, 11) is 0. The zero-order valence-corrected chi connectivity index (χ0v) is 7.23. The molecule has 0 aromatic rings. The number of hydrogen-bond donors (Lipinski definition) is 3. The van der Waals surface area contributed by atoms with Gasteiger partial charge in [0.2, 0.25) is 0 Å². The van der Waals surface area contributed by atoms with E-state index in [4.69, 9.17) is 10.2 Å². The molecule has 0 rings (SSSR count). The number of hydrogen-bond acceptors (Lipinski definition) is 3. The predicted molar refractivity (Wildman–Crippen MR) is 43.8 cm³/mol. The van der Waals surface area contributed by atoms with Crippen LogP contribution in [0.2, 0.25) is 0 Å². The third-order valence-corrected chi connectivity index (χ3v) is 1.71. The zero-order chi connectivity index (χ0) is 9.56. The van der Waals surface area contributed by atoms with E-state index >= 15 is 0 Å². The number of carboxylic acid groups (broad SMARTS) is 1. The van der Waals surface area contributed by atoms with Crippen LogP contribution in [-0.2, 0) is 4.79 Å². The number of aliphatic hydroxyl groups excluding tert-OH is 2. The molecule has 0 amide bonds. The van der Waals surface area contributed by atoms with Crippen molar-refractivity contribution >= 4 is 5.97 Å². The number of carbonyl (C=O) groups is 1. The molecule has 2 atom stereocenters. The number of carboxylic acids is 1. The van der Waals surface area contributed by atoms with Crippen molar-refractivity contribution < 1.29 is 20.1 Å². The minimum Gasteiger partial charge on any atom is -0.481 e. The van der Waals surface area contributed by atoms with Gasteiger partial charge in [-0.05, 0) is 19.3 Å². The molecule has 0 heterocycles. The van der Waals surface area contributed by atoms with Crippen molar-refractivity contribution in [2.45, 2.75) is 44.8 Å². The lowest BCUT2D eigenvalue weighted by Gasteiger charge is -2.12. The summed E-state index contributed by atoms with van der Waals surface area (Å²) >= 11 is 0. The van der Waals surface area contributed by atoms with Gasteiger partial charge in [0, 0.05) is 6.42 Å². The maximum absolute atomic E-state index is 10.1. The summed E-state index contributed by atoms with van der Waals surface area (Å²) in [5.74, 6) is -0.917. The van der Waals surface area contributed by atoms with Gasteiger partial charge >= 0.3 is 5.97 Å². The first-order chi connectivity index (χ1) is 5.56. The maximum atomic E-state index is 10.1. The van der Waals surface area contributed by atoms with Crippen LogP contribution in [0.25, 0.3) is 0 Å². The highest BCUT2D eigenvalue weighted by atomic mass is 16.4. The third kappa shape index (κ3) is 6.12. The topological polar surface area (TPSA) is 77.8 Å². The Morgan fingerprint density at radius 3 is 2.33 bits per heavy atom. The van der Waals surface area contributed by atoms with Crippen LogP contribution in [0.1, 0.15) is 32.6 Å². The summed E-state index contributed by atoms with van der Waals surface area (Å²) in [4.78, 5) is 10.1. The van der Waals surface area contributed by atoms with Crippen molar-refractivity contribution in [2.75, 3.05) is 0 Å². The Balaban J connectivity index is 3.45. The molecule has 4 nitrogen and oxygen atoms in total. The lowest BCUT2D eigenvalue weighted by molar-refractivity contribution is -0.137. The molecule has 0 aromatic heterocycles. The van der Waals surface area contributed by atoms with E-state index in [2.05, 4.69) is 0 Å². The quantitative estimate of drug-likeness (QED) is 0.546. The van der Waals surface area contributed by atoms with Crippen molar-refractivity contribution in [3.8, 4) is 0 Å². The molecule has 0 radical (unpaired) electrons. The van der Waals surface area contributed by atoms with Gasteiger partial charge in [-0.25, -0.2) is 0 Å². The van der Waals surface area contributed by atoms with Crippen molar-refractivity contribution in [1.82, 2.24) is 0 Å². The Labute approximate surface area is 71.8 Å². The highest BCUT2D eigenvalue weighted by Crippen LogP contribution is 2.07. The average molecular weight is 176 g/mol. The van der Waals surface area contributed by atoms with Crippen LogP contribution in [0.5, 0.6) is 0 Å². The Bertz CT molecular complexity index is 135. The van der Waals surface area contributed by atoms with Crippen LogP contribution in [-0.4, -0.2) is 33.5 Å². The summed E-state index contributed by atoms with van der Waals surface area (Å²) in [6, 6.07) is 0. The van der Waals surface area contributed by atoms with Crippen LogP contribution in [0, 0.1) is 0 Å². The molecule has 0 spiro atoms. The predicted octanol–water partition coefficient (Wildman–Crippen LogP) is 0.373. The van der Waals surface area contributed by atoms with Gasteiger partial charge in [-0.1, -0.05) is 6.92 Å². The number of aliphatic carboxylic acids is 1. The first kappa shape index (κ1) is 11.4. The van der Waals surface area contributed by atoms with Gasteiger partial charge in [-0.15, -0.1) is 0 Å². The average Bonchev–Trinajstić information content (AvgIpc) is 2.00. The summed E-state index contributed by atoms with van der Waals surface area (Å²) in [6.07, 6.45) is -0.192. The van der Waals surface area contributed by atoms with Crippen LogP contribution in [0.15, 0.2) is 0 Å². The molecule has 4 heteroatoms.